The molecule has 24 heavy (non-hydrogen) atoms. The van der Waals surface area contributed by atoms with Crippen molar-refractivity contribution in [3.05, 3.63) is 12.2 Å². The van der Waals surface area contributed by atoms with Crippen LogP contribution in [0, 0.1) is 0 Å². The van der Waals surface area contributed by atoms with E-state index in [9.17, 15) is 4.79 Å². The van der Waals surface area contributed by atoms with Crippen LogP contribution in [-0.4, -0.2) is 47.2 Å². The molecule has 0 aliphatic rings. The highest BCUT2D eigenvalue weighted by molar-refractivity contribution is 5.69. The predicted octanol–water partition coefficient (Wildman–Crippen LogP) is 3.11. The van der Waals surface area contributed by atoms with Gasteiger partial charge in [-0.1, -0.05) is 44.3 Å². The van der Waals surface area contributed by atoms with Gasteiger partial charge in [-0.05, 0) is 38.5 Å². The fraction of sp³-hybridized carbons (Fsp3) is 0.842. The number of rotatable bonds is 17. The van der Waals surface area contributed by atoms with Crippen molar-refractivity contribution in [1.29, 1.82) is 0 Å². The van der Waals surface area contributed by atoms with Crippen LogP contribution in [0.3, 0.4) is 0 Å². The molecule has 3 N–H and O–H groups in total. The van der Waals surface area contributed by atoms with Gasteiger partial charge in [-0.15, -0.1) is 0 Å². The third-order valence-electron chi connectivity index (χ3n) is 3.90. The molecule has 0 aromatic carbocycles. The minimum absolute atomic E-state index is 0.308. The fourth-order valence-corrected chi connectivity index (χ4v) is 2.40. The van der Waals surface area contributed by atoms with Crippen LogP contribution in [0.25, 0.3) is 0 Å². The van der Waals surface area contributed by atoms with E-state index in [4.69, 9.17) is 20.1 Å². The van der Waals surface area contributed by atoms with E-state index in [1.165, 1.54) is 25.7 Å². The number of unbranched alkanes of at least 4 members (excludes halogenated alkanes) is 9. The number of allylic oxidation sites excluding steroid dienone is 2. The molecule has 142 valence electrons. The molecule has 0 rings (SSSR count). The van der Waals surface area contributed by atoms with Crippen LogP contribution >= 0.6 is 0 Å². The van der Waals surface area contributed by atoms with Gasteiger partial charge in [0.1, 0.15) is 6.10 Å². The summed E-state index contributed by atoms with van der Waals surface area (Å²) in [5.74, 6) is -0.343. The molecule has 0 amide bonds. The van der Waals surface area contributed by atoms with Gasteiger partial charge in [0.25, 0.3) is 0 Å². The molecule has 0 aliphatic carbocycles. The van der Waals surface area contributed by atoms with Gasteiger partial charge in [0.2, 0.25) is 0 Å². The minimum atomic E-state index is -0.779. The highest BCUT2D eigenvalue weighted by atomic mass is 16.6. The van der Waals surface area contributed by atoms with Crippen LogP contribution in [-0.2, 0) is 9.53 Å². The van der Waals surface area contributed by atoms with Gasteiger partial charge in [0, 0.05) is 13.0 Å². The van der Waals surface area contributed by atoms with Gasteiger partial charge < -0.3 is 20.1 Å². The molecule has 0 atom stereocenters. The minimum Gasteiger partial charge on any atom is -0.457 e. The first-order chi connectivity index (χ1) is 11.7. The van der Waals surface area contributed by atoms with E-state index in [1.54, 1.807) is 0 Å². The highest BCUT2D eigenvalue weighted by Gasteiger charge is 2.11. The Morgan fingerprint density at radius 2 is 1.25 bits per heavy atom. The summed E-state index contributed by atoms with van der Waals surface area (Å²) in [5.41, 5.74) is 0. The Kier molecular flexibility index (Phi) is 17.7. The SMILES string of the molecule is O=C(CCCCCCC/C=C/CCCCCCO)OC(CO)CO. The second-order valence-corrected chi connectivity index (χ2v) is 6.18. The zero-order valence-electron chi connectivity index (χ0n) is 15.0. The largest absolute Gasteiger partial charge is 0.457 e. The summed E-state index contributed by atoms with van der Waals surface area (Å²) >= 11 is 0. The Morgan fingerprint density at radius 1 is 0.750 bits per heavy atom. The molecule has 0 saturated heterocycles. The zero-order chi connectivity index (χ0) is 17.9. The number of aliphatic hydroxyl groups is 3. The molecule has 0 spiro atoms. The molecule has 5 heteroatoms. The summed E-state index contributed by atoms with van der Waals surface area (Å²) < 4.78 is 4.90. The van der Waals surface area contributed by atoms with E-state index < -0.39 is 6.10 Å². The first kappa shape index (κ1) is 23.1. The molecule has 0 unspecified atom stereocenters. The second kappa shape index (κ2) is 18.4. The van der Waals surface area contributed by atoms with Gasteiger partial charge in [0.05, 0.1) is 13.2 Å². The van der Waals surface area contributed by atoms with Gasteiger partial charge >= 0.3 is 5.97 Å². The average molecular weight is 344 g/mol. The quantitative estimate of drug-likeness (QED) is 0.214. The number of hydrogen-bond acceptors (Lipinski definition) is 5. The molecular weight excluding hydrogens is 308 g/mol. The molecular formula is C19H36O5. The summed E-state index contributed by atoms with van der Waals surface area (Å²) in [6.07, 6.45) is 16.1. The third-order valence-corrected chi connectivity index (χ3v) is 3.90. The van der Waals surface area contributed by atoms with Crippen LogP contribution in [0.2, 0.25) is 0 Å². The van der Waals surface area contributed by atoms with Crippen LogP contribution in [0.5, 0.6) is 0 Å². The van der Waals surface area contributed by atoms with Crippen molar-refractivity contribution < 1.29 is 24.9 Å². The maximum atomic E-state index is 11.4. The standard InChI is InChI=1S/C19H36O5/c20-15-13-11-9-7-5-3-1-2-4-6-8-10-12-14-19(23)24-18(16-21)17-22/h1,3,18,20-22H,2,4-17H2/b3-1+. The van der Waals surface area contributed by atoms with E-state index in [1.807, 2.05) is 0 Å². The van der Waals surface area contributed by atoms with Crippen LogP contribution in [0.15, 0.2) is 12.2 Å². The van der Waals surface area contributed by atoms with Gasteiger partial charge in [-0.2, -0.15) is 0 Å². The number of carbonyl (C=O) groups is 1. The average Bonchev–Trinajstić information content (AvgIpc) is 2.60. The predicted molar refractivity (Wildman–Crippen MR) is 95.7 cm³/mol. The Hall–Kier alpha value is -0.910. The Labute approximate surface area is 146 Å². The van der Waals surface area contributed by atoms with Gasteiger partial charge in [0.15, 0.2) is 0 Å². The topological polar surface area (TPSA) is 87.0 Å². The summed E-state index contributed by atoms with van der Waals surface area (Å²) in [6.45, 7) is -0.361. The van der Waals surface area contributed by atoms with Gasteiger partial charge in [-0.3, -0.25) is 4.79 Å². The van der Waals surface area contributed by atoms with E-state index in [2.05, 4.69) is 12.2 Å². The molecule has 0 saturated carbocycles. The number of ether oxygens (including phenoxy) is 1. The molecule has 0 aromatic heterocycles. The van der Waals surface area contributed by atoms with Crippen molar-refractivity contribution in [1.82, 2.24) is 0 Å². The maximum absolute atomic E-state index is 11.4. The van der Waals surface area contributed by atoms with Crippen molar-refractivity contribution in [3.8, 4) is 0 Å². The van der Waals surface area contributed by atoms with Crippen molar-refractivity contribution in [3.63, 3.8) is 0 Å². The lowest BCUT2D eigenvalue weighted by molar-refractivity contribution is -0.153. The fourth-order valence-electron chi connectivity index (χ4n) is 2.40. The van der Waals surface area contributed by atoms with Crippen molar-refractivity contribution in [2.24, 2.45) is 0 Å². The van der Waals surface area contributed by atoms with E-state index in [-0.39, 0.29) is 19.2 Å². The molecule has 5 nitrogen and oxygen atoms in total. The maximum Gasteiger partial charge on any atom is 0.306 e. The lowest BCUT2D eigenvalue weighted by Crippen LogP contribution is -2.25. The zero-order valence-corrected chi connectivity index (χ0v) is 15.0. The molecule has 0 bridgehead atoms. The number of esters is 1. The Morgan fingerprint density at radius 3 is 1.79 bits per heavy atom. The van der Waals surface area contributed by atoms with E-state index in [0.29, 0.717) is 13.0 Å². The van der Waals surface area contributed by atoms with Crippen molar-refractivity contribution in [2.45, 2.75) is 83.2 Å². The lowest BCUT2D eigenvalue weighted by Gasteiger charge is -2.12. The summed E-state index contributed by atoms with van der Waals surface area (Å²) in [4.78, 5) is 11.4. The molecule has 0 aliphatic heterocycles. The van der Waals surface area contributed by atoms with Crippen molar-refractivity contribution >= 4 is 5.97 Å². The van der Waals surface area contributed by atoms with Crippen LogP contribution in [0.1, 0.15) is 77.0 Å². The van der Waals surface area contributed by atoms with Crippen molar-refractivity contribution in [2.75, 3.05) is 19.8 Å². The smallest absolute Gasteiger partial charge is 0.306 e. The van der Waals surface area contributed by atoms with E-state index in [0.717, 1.165) is 44.9 Å². The summed E-state index contributed by atoms with van der Waals surface area (Å²) in [5, 5.41) is 26.3. The molecule has 0 radical (unpaired) electrons. The number of aliphatic hydroxyl groups excluding tert-OH is 3. The lowest BCUT2D eigenvalue weighted by atomic mass is 10.1. The summed E-state index contributed by atoms with van der Waals surface area (Å²) in [7, 11) is 0. The first-order valence-electron chi connectivity index (χ1n) is 9.41. The highest BCUT2D eigenvalue weighted by Crippen LogP contribution is 2.09. The molecule has 0 heterocycles. The monoisotopic (exact) mass is 344 g/mol. The molecule has 0 fully saturated rings. The Balaban J connectivity index is 3.29. The van der Waals surface area contributed by atoms with Crippen LogP contribution in [0.4, 0.5) is 0 Å². The molecule has 0 aromatic rings. The summed E-state index contributed by atoms with van der Waals surface area (Å²) in [6, 6.07) is 0. The second-order valence-electron chi connectivity index (χ2n) is 6.18. The number of carbonyl (C=O) groups excluding carboxylic acids is 1. The van der Waals surface area contributed by atoms with Gasteiger partial charge in [-0.25, -0.2) is 0 Å². The van der Waals surface area contributed by atoms with E-state index >= 15 is 0 Å². The Bertz CT molecular complexity index is 300. The number of hydrogen-bond donors (Lipinski definition) is 3. The third kappa shape index (κ3) is 16.0. The first-order valence-corrected chi connectivity index (χ1v) is 9.41. The van der Waals surface area contributed by atoms with Crippen LogP contribution < -0.4 is 0 Å². The normalized spacial score (nSPS) is 11.5.